The molecule has 0 aromatic heterocycles. The smallest absolute Gasteiger partial charge is 0.220 e. The zero-order valence-electron chi connectivity index (χ0n) is 13.5. The zero-order chi connectivity index (χ0) is 16.0. The third-order valence-corrected chi connectivity index (χ3v) is 4.99. The molecule has 23 heavy (non-hydrogen) atoms. The minimum atomic E-state index is -0.381. The van der Waals surface area contributed by atoms with Crippen molar-refractivity contribution in [2.24, 2.45) is 21.5 Å². The van der Waals surface area contributed by atoms with E-state index in [1.165, 1.54) is 12.0 Å². The third kappa shape index (κ3) is 2.33. The molecule has 4 N–H and O–H groups in total. The number of hydrogen-bond donors (Lipinski definition) is 2. The van der Waals surface area contributed by atoms with Crippen LogP contribution < -0.4 is 21.1 Å². The first-order valence-electron chi connectivity index (χ1n) is 8.37. The molecule has 1 unspecified atom stereocenters. The molecule has 6 nitrogen and oxygen atoms in total. The Labute approximate surface area is 136 Å². The number of aliphatic imine (C=N–C) groups is 2. The molecule has 0 bridgehead atoms. The number of nitrogens with two attached hydrogens (primary N) is 2. The van der Waals surface area contributed by atoms with Gasteiger partial charge in [0.2, 0.25) is 11.9 Å². The maximum Gasteiger partial charge on any atom is 0.220 e. The summed E-state index contributed by atoms with van der Waals surface area (Å²) in [5, 5.41) is 0. The highest BCUT2D eigenvalue weighted by atomic mass is 16.5. The number of benzene rings is 1. The van der Waals surface area contributed by atoms with Gasteiger partial charge in [-0.25, -0.2) is 4.99 Å². The van der Waals surface area contributed by atoms with E-state index >= 15 is 0 Å². The predicted octanol–water partition coefficient (Wildman–Crippen LogP) is 2.12. The van der Waals surface area contributed by atoms with Gasteiger partial charge in [-0.3, -0.25) is 4.90 Å². The van der Waals surface area contributed by atoms with Gasteiger partial charge in [-0.15, -0.1) is 0 Å². The van der Waals surface area contributed by atoms with Crippen LogP contribution in [-0.2, 0) is 6.42 Å². The maximum absolute atomic E-state index is 6.26. The van der Waals surface area contributed by atoms with Crippen molar-refractivity contribution in [2.75, 3.05) is 4.90 Å². The molecule has 0 saturated heterocycles. The lowest BCUT2D eigenvalue weighted by Gasteiger charge is -2.45. The summed E-state index contributed by atoms with van der Waals surface area (Å²) >= 11 is 0. The van der Waals surface area contributed by atoms with Crippen LogP contribution in [0, 0.1) is 0 Å². The molecule has 1 spiro atoms. The lowest BCUT2D eigenvalue weighted by molar-refractivity contribution is 0.254. The molecule has 4 rings (SSSR count). The topological polar surface area (TPSA) is 89.2 Å². The molecule has 2 heterocycles. The molecule has 1 aliphatic carbocycles. The van der Waals surface area contributed by atoms with Gasteiger partial charge in [0.1, 0.15) is 17.5 Å². The Morgan fingerprint density at radius 2 is 2.00 bits per heavy atom. The second-order valence-electron chi connectivity index (χ2n) is 6.74. The van der Waals surface area contributed by atoms with E-state index in [1.54, 1.807) is 0 Å². The Morgan fingerprint density at radius 1 is 1.22 bits per heavy atom. The van der Waals surface area contributed by atoms with Gasteiger partial charge in [0.15, 0.2) is 0 Å². The number of rotatable bonds is 1. The van der Waals surface area contributed by atoms with Crippen molar-refractivity contribution >= 4 is 17.6 Å². The first kappa shape index (κ1) is 14.4. The summed E-state index contributed by atoms with van der Waals surface area (Å²) in [7, 11) is 0. The lowest BCUT2D eigenvalue weighted by Crippen LogP contribution is -2.58. The van der Waals surface area contributed by atoms with Gasteiger partial charge >= 0.3 is 0 Å². The number of anilines is 1. The average molecular weight is 313 g/mol. The summed E-state index contributed by atoms with van der Waals surface area (Å²) in [4.78, 5) is 11.0. The molecule has 1 saturated carbocycles. The molecule has 1 atom stereocenters. The third-order valence-electron chi connectivity index (χ3n) is 4.99. The summed E-state index contributed by atoms with van der Waals surface area (Å²) in [5.74, 6) is 1.69. The van der Waals surface area contributed by atoms with Crippen LogP contribution in [0.5, 0.6) is 5.75 Å². The van der Waals surface area contributed by atoms with Gasteiger partial charge < -0.3 is 16.2 Å². The van der Waals surface area contributed by atoms with Crippen molar-refractivity contribution in [1.82, 2.24) is 0 Å². The highest BCUT2D eigenvalue weighted by Gasteiger charge is 2.42. The first-order chi connectivity index (χ1) is 11.1. The molecule has 1 aromatic carbocycles. The highest BCUT2D eigenvalue weighted by Crippen LogP contribution is 2.41. The van der Waals surface area contributed by atoms with E-state index in [-0.39, 0.29) is 11.8 Å². The molecule has 0 amide bonds. The summed E-state index contributed by atoms with van der Waals surface area (Å²) < 4.78 is 5.80. The van der Waals surface area contributed by atoms with Crippen LogP contribution in [0.3, 0.4) is 0 Å². The highest BCUT2D eigenvalue weighted by molar-refractivity contribution is 6.05. The Kier molecular flexibility index (Phi) is 3.21. The van der Waals surface area contributed by atoms with Gasteiger partial charge in [-0.05, 0) is 56.4 Å². The molecule has 122 valence electrons. The number of nitrogens with zero attached hydrogens (tertiary/aromatic N) is 3. The molecular formula is C17H23N5O. The van der Waals surface area contributed by atoms with Crippen LogP contribution in [-0.4, -0.2) is 23.7 Å². The largest absolute Gasteiger partial charge is 0.490 e. The molecule has 6 heteroatoms. The Bertz CT molecular complexity index is 690. The van der Waals surface area contributed by atoms with Gasteiger partial charge in [-0.2, -0.15) is 4.99 Å². The standard InChI is InChI=1S/C17H23N5O/c1-11-9-12-10-13(5-6-14(12)23-11)22-16(19)20-15(18)21-17(22)7-3-2-4-8-17/h5-6,10-11H,2-4,7-9H2,1H3,(H4,18,19,20,21). The Balaban J connectivity index is 1.77. The second kappa shape index (κ2) is 5.15. The van der Waals surface area contributed by atoms with Crippen molar-refractivity contribution < 1.29 is 4.74 Å². The minimum Gasteiger partial charge on any atom is -0.490 e. The fourth-order valence-electron chi connectivity index (χ4n) is 4.04. The van der Waals surface area contributed by atoms with Crippen LogP contribution in [0.4, 0.5) is 5.69 Å². The van der Waals surface area contributed by atoms with Crippen LogP contribution in [0.2, 0.25) is 0 Å². The van der Waals surface area contributed by atoms with Crippen LogP contribution in [0.15, 0.2) is 28.2 Å². The van der Waals surface area contributed by atoms with Crippen LogP contribution >= 0.6 is 0 Å². The van der Waals surface area contributed by atoms with E-state index in [0.717, 1.165) is 43.5 Å². The van der Waals surface area contributed by atoms with Crippen LogP contribution in [0.25, 0.3) is 0 Å². The van der Waals surface area contributed by atoms with Gasteiger partial charge in [0.25, 0.3) is 0 Å². The minimum absolute atomic E-state index is 0.227. The summed E-state index contributed by atoms with van der Waals surface area (Å²) in [6.07, 6.45) is 6.55. The number of hydrogen-bond acceptors (Lipinski definition) is 6. The van der Waals surface area contributed by atoms with Gasteiger partial charge in [-0.1, -0.05) is 6.42 Å². The Morgan fingerprint density at radius 3 is 2.78 bits per heavy atom. The quantitative estimate of drug-likeness (QED) is 0.831. The second-order valence-corrected chi connectivity index (χ2v) is 6.74. The van der Waals surface area contributed by atoms with E-state index in [9.17, 15) is 0 Å². The van der Waals surface area contributed by atoms with E-state index in [1.807, 2.05) is 12.1 Å². The summed E-state index contributed by atoms with van der Waals surface area (Å²) in [5.41, 5.74) is 14.0. The Hall–Kier alpha value is -2.24. The van der Waals surface area contributed by atoms with E-state index in [0.29, 0.717) is 11.9 Å². The molecule has 1 aromatic rings. The normalized spacial score (nSPS) is 25.6. The van der Waals surface area contributed by atoms with E-state index < -0.39 is 0 Å². The number of guanidine groups is 2. The average Bonchev–Trinajstić information content (AvgIpc) is 2.86. The van der Waals surface area contributed by atoms with Crippen molar-refractivity contribution in [3.63, 3.8) is 0 Å². The molecular weight excluding hydrogens is 290 g/mol. The SMILES string of the molecule is CC1Cc2cc(N3C(N)=NC(N)=NC34CCCCC4)ccc2O1. The summed E-state index contributed by atoms with van der Waals surface area (Å²) in [6.45, 7) is 2.09. The lowest BCUT2D eigenvalue weighted by atomic mass is 9.87. The number of fused-ring (bicyclic) bond motifs is 1. The number of ether oxygens (including phenoxy) is 1. The maximum atomic E-state index is 6.26. The van der Waals surface area contributed by atoms with Crippen LogP contribution in [0.1, 0.15) is 44.6 Å². The van der Waals surface area contributed by atoms with Gasteiger partial charge in [0.05, 0.1) is 0 Å². The van der Waals surface area contributed by atoms with E-state index in [2.05, 4.69) is 22.9 Å². The summed E-state index contributed by atoms with van der Waals surface area (Å²) in [6, 6.07) is 6.24. The van der Waals surface area contributed by atoms with Gasteiger partial charge in [0, 0.05) is 12.1 Å². The zero-order valence-corrected chi connectivity index (χ0v) is 13.5. The van der Waals surface area contributed by atoms with E-state index in [4.69, 9.17) is 21.2 Å². The van der Waals surface area contributed by atoms with Crippen molar-refractivity contribution in [3.05, 3.63) is 23.8 Å². The molecule has 2 aliphatic heterocycles. The van der Waals surface area contributed by atoms with Crippen molar-refractivity contribution in [2.45, 2.75) is 57.2 Å². The fraction of sp³-hybridized carbons (Fsp3) is 0.529. The fourth-order valence-corrected chi connectivity index (χ4v) is 4.04. The van der Waals surface area contributed by atoms with Crippen molar-refractivity contribution in [1.29, 1.82) is 0 Å². The monoisotopic (exact) mass is 313 g/mol. The molecule has 3 aliphatic rings. The predicted molar refractivity (Wildman–Crippen MR) is 91.8 cm³/mol. The van der Waals surface area contributed by atoms with Crippen molar-refractivity contribution in [3.8, 4) is 5.75 Å². The molecule has 0 radical (unpaired) electrons. The molecule has 1 fully saturated rings. The first-order valence-corrected chi connectivity index (χ1v) is 8.37.